The summed E-state index contributed by atoms with van der Waals surface area (Å²) in [6, 6.07) is 12.7. The molecule has 2 N–H and O–H groups in total. The largest absolute Gasteiger partial charge is 0.493 e. The van der Waals surface area contributed by atoms with Crippen LogP contribution in [0.15, 0.2) is 52.1 Å². The Kier molecular flexibility index (Phi) is 4.71. The van der Waals surface area contributed by atoms with Crippen LogP contribution in [0, 0.1) is 5.92 Å². The van der Waals surface area contributed by atoms with Gasteiger partial charge in [-0.1, -0.05) is 39.3 Å². The van der Waals surface area contributed by atoms with Crippen molar-refractivity contribution in [2.75, 3.05) is 12.4 Å². The molecule has 1 aliphatic heterocycles. The van der Waals surface area contributed by atoms with Crippen molar-refractivity contribution in [2.45, 2.75) is 6.42 Å². The van der Waals surface area contributed by atoms with Crippen molar-refractivity contribution in [2.24, 2.45) is 11.1 Å². The van der Waals surface area contributed by atoms with Gasteiger partial charge in [-0.05, 0) is 30.7 Å². The molecular weight excluding hydrogens is 376 g/mol. The van der Waals surface area contributed by atoms with E-state index in [1.807, 2.05) is 24.3 Å². The molecule has 0 spiro atoms. The highest BCUT2D eigenvalue weighted by molar-refractivity contribution is 9.10. The predicted molar refractivity (Wildman–Crippen MR) is 92.8 cm³/mol. The molecule has 0 saturated heterocycles. The van der Waals surface area contributed by atoms with Crippen molar-refractivity contribution in [3.8, 4) is 11.5 Å². The van der Waals surface area contributed by atoms with Gasteiger partial charge >= 0.3 is 0 Å². The van der Waals surface area contributed by atoms with Gasteiger partial charge in [0, 0.05) is 15.7 Å². The third-order valence-corrected chi connectivity index (χ3v) is 4.21. The first kappa shape index (κ1) is 16.3. The van der Waals surface area contributed by atoms with Crippen LogP contribution < -0.4 is 14.8 Å². The van der Waals surface area contributed by atoms with Crippen LogP contribution in [0.25, 0.3) is 0 Å². The quantitative estimate of drug-likeness (QED) is 0.621. The average molecular weight is 391 g/mol. The SMILES string of the molecule is COc1cccc2c1O/C(=N/O)[C@@H](C(=O)Nc1cccc(Br)c1)C2. The van der Waals surface area contributed by atoms with Crippen LogP contribution in [0.1, 0.15) is 5.56 Å². The summed E-state index contributed by atoms with van der Waals surface area (Å²) in [5.41, 5.74) is 1.46. The molecule has 7 heteroatoms. The maximum absolute atomic E-state index is 12.6. The summed E-state index contributed by atoms with van der Waals surface area (Å²) in [6.07, 6.45) is 0.353. The topological polar surface area (TPSA) is 80.2 Å². The van der Waals surface area contributed by atoms with Crippen LogP contribution in [0.2, 0.25) is 0 Å². The molecule has 1 aliphatic rings. The van der Waals surface area contributed by atoms with Gasteiger partial charge in [-0.3, -0.25) is 4.79 Å². The van der Waals surface area contributed by atoms with Crippen LogP contribution in [-0.4, -0.2) is 24.1 Å². The maximum Gasteiger partial charge on any atom is 0.244 e. The van der Waals surface area contributed by atoms with Gasteiger partial charge in [0.25, 0.3) is 0 Å². The summed E-state index contributed by atoms with van der Waals surface area (Å²) in [7, 11) is 1.53. The molecule has 0 fully saturated rings. The van der Waals surface area contributed by atoms with Gasteiger partial charge in [0.05, 0.1) is 7.11 Å². The fourth-order valence-electron chi connectivity index (χ4n) is 2.57. The number of para-hydroxylation sites is 1. The predicted octanol–water partition coefficient (Wildman–Crippen LogP) is 3.44. The van der Waals surface area contributed by atoms with Crippen LogP contribution in [0.5, 0.6) is 11.5 Å². The molecule has 1 atom stereocenters. The van der Waals surface area contributed by atoms with E-state index in [0.717, 1.165) is 10.0 Å². The molecule has 0 bridgehead atoms. The molecule has 0 saturated carbocycles. The highest BCUT2D eigenvalue weighted by Crippen LogP contribution is 2.37. The molecule has 0 unspecified atom stereocenters. The van der Waals surface area contributed by atoms with E-state index < -0.39 is 5.92 Å². The average Bonchev–Trinajstić information content (AvgIpc) is 2.59. The fourth-order valence-corrected chi connectivity index (χ4v) is 2.97. The molecule has 0 aromatic heterocycles. The Labute approximate surface area is 147 Å². The summed E-state index contributed by atoms with van der Waals surface area (Å²) < 4.78 is 11.7. The molecule has 124 valence electrons. The van der Waals surface area contributed by atoms with Gasteiger partial charge in [-0.25, -0.2) is 0 Å². The lowest BCUT2D eigenvalue weighted by atomic mass is 9.94. The Morgan fingerprint density at radius 1 is 1.38 bits per heavy atom. The van der Waals surface area contributed by atoms with Gasteiger partial charge in [0.15, 0.2) is 11.5 Å². The number of ether oxygens (including phenoxy) is 2. The van der Waals surface area contributed by atoms with Gasteiger partial charge in [0.2, 0.25) is 11.8 Å². The minimum absolute atomic E-state index is 0.0560. The fraction of sp³-hybridized carbons (Fsp3) is 0.176. The molecule has 0 aliphatic carbocycles. The number of amides is 1. The zero-order valence-corrected chi connectivity index (χ0v) is 14.4. The van der Waals surface area contributed by atoms with Crippen LogP contribution in [0.3, 0.4) is 0 Å². The number of hydrogen-bond acceptors (Lipinski definition) is 5. The monoisotopic (exact) mass is 390 g/mol. The van der Waals surface area contributed by atoms with E-state index in [1.165, 1.54) is 7.11 Å². The number of carbonyl (C=O) groups is 1. The summed E-state index contributed by atoms with van der Waals surface area (Å²) in [5.74, 6) is -0.0961. The van der Waals surface area contributed by atoms with Crippen molar-refractivity contribution in [3.63, 3.8) is 0 Å². The van der Waals surface area contributed by atoms with Crippen molar-refractivity contribution in [1.82, 2.24) is 0 Å². The first-order valence-corrected chi connectivity index (χ1v) is 8.03. The normalized spacial score (nSPS) is 17.8. The summed E-state index contributed by atoms with van der Waals surface area (Å²) >= 11 is 3.36. The molecular formula is C17H15BrN2O4. The molecule has 1 amide bonds. The molecule has 3 rings (SSSR count). The van der Waals surface area contributed by atoms with E-state index in [1.54, 1.807) is 18.2 Å². The third-order valence-electron chi connectivity index (χ3n) is 3.72. The lowest BCUT2D eigenvalue weighted by molar-refractivity contribution is -0.118. The Morgan fingerprint density at radius 3 is 2.88 bits per heavy atom. The number of anilines is 1. The Morgan fingerprint density at radius 2 is 2.17 bits per heavy atom. The van der Waals surface area contributed by atoms with Gasteiger partial charge in [-0.2, -0.15) is 0 Å². The highest BCUT2D eigenvalue weighted by atomic mass is 79.9. The second-order valence-corrected chi connectivity index (χ2v) is 6.16. The summed E-state index contributed by atoms with van der Waals surface area (Å²) in [4.78, 5) is 12.6. The number of oxime groups is 1. The number of rotatable bonds is 3. The first-order valence-electron chi connectivity index (χ1n) is 7.24. The third kappa shape index (κ3) is 3.21. The maximum atomic E-state index is 12.6. The second kappa shape index (κ2) is 6.92. The first-order chi connectivity index (χ1) is 11.6. The van der Waals surface area contributed by atoms with E-state index in [9.17, 15) is 10.0 Å². The Hall–Kier alpha value is -2.54. The van der Waals surface area contributed by atoms with E-state index >= 15 is 0 Å². The Balaban J connectivity index is 1.86. The number of hydrogen-bond donors (Lipinski definition) is 2. The highest BCUT2D eigenvalue weighted by Gasteiger charge is 2.34. The number of benzene rings is 2. The minimum Gasteiger partial charge on any atom is -0.493 e. The number of carbonyl (C=O) groups excluding carboxylic acids is 1. The minimum atomic E-state index is -0.728. The lowest BCUT2D eigenvalue weighted by Gasteiger charge is -2.26. The lowest BCUT2D eigenvalue weighted by Crippen LogP contribution is -2.37. The number of nitrogens with zero attached hydrogens (tertiary/aromatic N) is 1. The Bertz CT molecular complexity index is 807. The standard InChI is InChI=1S/C17H15BrN2O4/c1-23-14-7-2-4-10-8-13(17(20-22)24-15(10)14)16(21)19-12-6-3-5-11(18)9-12/h2-7,9,13,22H,8H2,1H3,(H,19,21)/b20-17+/t13-/m1/s1. The van der Waals surface area contributed by atoms with Crippen molar-refractivity contribution >= 4 is 33.4 Å². The van der Waals surface area contributed by atoms with E-state index in [2.05, 4.69) is 26.4 Å². The number of methoxy groups -OCH3 is 1. The second-order valence-electron chi connectivity index (χ2n) is 5.25. The van der Waals surface area contributed by atoms with Crippen molar-refractivity contribution in [1.29, 1.82) is 0 Å². The molecule has 2 aromatic carbocycles. The van der Waals surface area contributed by atoms with Gasteiger partial charge in [-0.15, -0.1) is 0 Å². The van der Waals surface area contributed by atoms with Crippen LogP contribution in [-0.2, 0) is 11.2 Å². The van der Waals surface area contributed by atoms with E-state index in [-0.39, 0.29) is 11.8 Å². The number of nitrogens with one attached hydrogen (secondary N) is 1. The number of fused-ring (bicyclic) bond motifs is 1. The summed E-state index contributed by atoms with van der Waals surface area (Å²) in [5, 5.41) is 15.2. The smallest absolute Gasteiger partial charge is 0.244 e. The van der Waals surface area contributed by atoms with Gasteiger partial charge < -0.3 is 20.0 Å². The molecule has 6 nitrogen and oxygen atoms in total. The van der Waals surface area contributed by atoms with Crippen molar-refractivity contribution < 1.29 is 19.5 Å². The number of halogens is 1. The zero-order chi connectivity index (χ0) is 17.1. The molecule has 0 radical (unpaired) electrons. The molecule has 24 heavy (non-hydrogen) atoms. The van der Waals surface area contributed by atoms with Gasteiger partial charge in [0.1, 0.15) is 5.92 Å². The zero-order valence-electron chi connectivity index (χ0n) is 12.8. The molecule has 1 heterocycles. The van der Waals surface area contributed by atoms with E-state index in [0.29, 0.717) is 23.6 Å². The van der Waals surface area contributed by atoms with Crippen LogP contribution >= 0.6 is 15.9 Å². The summed E-state index contributed by atoms with van der Waals surface area (Å²) in [6.45, 7) is 0. The van der Waals surface area contributed by atoms with Crippen LogP contribution in [0.4, 0.5) is 5.69 Å². The van der Waals surface area contributed by atoms with Crippen molar-refractivity contribution in [3.05, 3.63) is 52.5 Å². The molecule has 2 aromatic rings. The van der Waals surface area contributed by atoms with E-state index in [4.69, 9.17) is 9.47 Å².